The Bertz CT molecular complexity index is 894. The number of halogens is 2. The quantitative estimate of drug-likeness (QED) is 0.742. The van der Waals surface area contributed by atoms with Gasteiger partial charge in [-0.15, -0.1) is 0 Å². The van der Waals surface area contributed by atoms with Crippen molar-refractivity contribution in [2.45, 2.75) is 32.1 Å². The van der Waals surface area contributed by atoms with Gasteiger partial charge in [-0.3, -0.25) is 4.79 Å². The molecule has 27 heavy (non-hydrogen) atoms. The van der Waals surface area contributed by atoms with Gasteiger partial charge in [0.15, 0.2) is 0 Å². The molecule has 3 fully saturated rings. The van der Waals surface area contributed by atoms with E-state index in [0.29, 0.717) is 18.1 Å². The number of aromatic nitrogens is 1. The maximum atomic E-state index is 13.7. The van der Waals surface area contributed by atoms with Crippen molar-refractivity contribution in [2.24, 2.45) is 10.8 Å². The monoisotopic (exact) mass is 368 g/mol. The van der Waals surface area contributed by atoms with E-state index in [-0.39, 0.29) is 35.0 Å². The third-order valence-corrected chi connectivity index (χ3v) is 5.79. The smallest absolute Gasteiger partial charge is 0.213 e. The first-order chi connectivity index (χ1) is 13.0. The molecular weight excluding hydrogens is 350 g/mol. The molecule has 0 amide bonds. The molecule has 3 saturated carbocycles. The van der Waals surface area contributed by atoms with Crippen LogP contribution in [0.4, 0.5) is 8.78 Å². The number of nitrogens with zero attached hydrogens (tertiary/aromatic N) is 2. The summed E-state index contributed by atoms with van der Waals surface area (Å²) in [5.74, 6) is -0.641. The van der Waals surface area contributed by atoms with Gasteiger partial charge in [-0.1, -0.05) is 6.07 Å². The van der Waals surface area contributed by atoms with E-state index in [1.807, 2.05) is 6.07 Å². The van der Waals surface area contributed by atoms with Crippen LogP contribution in [0.1, 0.15) is 36.8 Å². The van der Waals surface area contributed by atoms with Gasteiger partial charge >= 0.3 is 0 Å². The molecule has 0 atom stereocenters. The van der Waals surface area contributed by atoms with E-state index in [9.17, 15) is 13.6 Å². The molecule has 0 aliphatic heterocycles. The van der Waals surface area contributed by atoms with Crippen molar-refractivity contribution in [3.63, 3.8) is 0 Å². The van der Waals surface area contributed by atoms with E-state index in [1.54, 1.807) is 12.1 Å². The number of carbonyl (C=O) groups excluding carboxylic acids is 1. The van der Waals surface area contributed by atoms with Crippen LogP contribution >= 0.6 is 0 Å². The number of ether oxygens (including phenoxy) is 1. The summed E-state index contributed by atoms with van der Waals surface area (Å²) in [6.07, 6.45) is 3.99. The molecule has 3 aliphatic rings. The van der Waals surface area contributed by atoms with E-state index in [0.717, 1.165) is 19.3 Å². The summed E-state index contributed by atoms with van der Waals surface area (Å²) in [7, 11) is 0. The first kappa shape index (κ1) is 17.6. The Morgan fingerprint density at radius 2 is 1.89 bits per heavy atom. The molecule has 0 N–H and O–H groups in total. The molecule has 1 aromatic heterocycles. The molecule has 0 unspecified atom stereocenters. The van der Waals surface area contributed by atoms with Gasteiger partial charge in [0.2, 0.25) is 5.88 Å². The lowest BCUT2D eigenvalue weighted by atomic mass is 9.34. The zero-order valence-corrected chi connectivity index (χ0v) is 14.7. The third kappa shape index (κ3) is 3.08. The van der Waals surface area contributed by atoms with Crippen LogP contribution in [-0.4, -0.2) is 17.4 Å². The van der Waals surface area contributed by atoms with Crippen molar-refractivity contribution in [3.8, 4) is 11.9 Å². The van der Waals surface area contributed by atoms with Gasteiger partial charge in [-0.2, -0.15) is 5.26 Å². The van der Waals surface area contributed by atoms with E-state index < -0.39 is 11.6 Å². The summed E-state index contributed by atoms with van der Waals surface area (Å²) in [4.78, 5) is 16.6. The molecule has 0 saturated heterocycles. The minimum absolute atomic E-state index is 0.00842. The number of nitriles is 1. The number of benzene rings is 1. The first-order valence-corrected chi connectivity index (χ1v) is 8.91. The van der Waals surface area contributed by atoms with Crippen LogP contribution in [0.15, 0.2) is 36.5 Å². The highest BCUT2D eigenvalue weighted by Crippen LogP contribution is 2.73. The molecule has 2 aromatic rings. The standard InChI is InChI=1S/C21H18F2N2O2/c22-16-2-1-3-17(23)15(16)5-6-18(26)21-10-20(11-21,12-21)13-27-19-7-4-14(8-24)9-25-19/h1-4,7,9H,5-6,10-13H2. The molecule has 2 bridgehead atoms. The van der Waals surface area contributed by atoms with E-state index in [4.69, 9.17) is 10.00 Å². The number of Topliss-reactive ketones (excluding diaryl/α,β-unsaturated/α-hetero) is 1. The Balaban J connectivity index is 1.27. The van der Waals surface area contributed by atoms with Gasteiger partial charge in [-0.25, -0.2) is 13.8 Å². The molecule has 3 aliphatic carbocycles. The Kier molecular flexibility index (Phi) is 4.18. The van der Waals surface area contributed by atoms with Crippen molar-refractivity contribution in [2.75, 3.05) is 6.61 Å². The second-order valence-corrected chi connectivity index (χ2v) is 7.72. The minimum Gasteiger partial charge on any atom is -0.477 e. The molecule has 1 heterocycles. The molecule has 0 radical (unpaired) electrons. The zero-order valence-electron chi connectivity index (χ0n) is 14.7. The van der Waals surface area contributed by atoms with Crippen LogP contribution in [0.25, 0.3) is 0 Å². The van der Waals surface area contributed by atoms with Crippen molar-refractivity contribution < 1.29 is 18.3 Å². The second-order valence-electron chi connectivity index (χ2n) is 7.72. The second kappa shape index (κ2) is 6.41. The molecular formula is C21H18F2N2O2. The molecule has 138 valence electrons. The lowest BCUT2D eigenvalue weighted by molar-refractivity contribution is -0.215. The summed E-state index contributed by atoms with van der Waals surface area (Å²) < 4.78 is 33.1. The first-order valence-electron chi connectivity index (χ1n) is 8.91. The van der Waals surface area contributed by atoms with Crippen molar-refractivity contribution in [1.82, 2.24) is 4.98 Å². The van der Waals surface area contributed by atoms with Crippen LogP contribution in [-0.2, 0) is 11.2 Å². The van der Waals surface area contributed by atoms with Gasteiger partial charge in [0, 0.05) is 35.1 Å². The van der Waals surface area contributed by atoms with Gasteiger partial charge in [0.25, 0.3) is 0 Å². The van der Waals surface area contributed by atoms with Crippen LogP contribution in [0.5, 0.6) is 5.88 Å². The largest absolute Gasteiger partial charge is 0.477 e. The molecule has 5 rings (SSSR count). The van der Waals surface area contributed by atoms with Crippen molar-refractivity contribution in [1.29, 1.82) is 5.26 Å². The maximum absolute atomic E-state index is 13.7. The Hall–Kier alpha value is -2.81. The number of hydrogen-bond acceptors (Lipinski definition) is 4. The summed E-state index contributed by atoms with van der Waals surface area (Å²) in [5.41, 5.74) is 0.142. The van der Waals surface area contributed by atoms with E-state index in [2.05, 4.69) is 4.98 Å². The summed E-state index contributed by atoms with van der Waals surface area (Å²) >= 11 is 0. The molecule has 6 heteroatoms. The number of hydrogen-bond donors (Lipinski definition) is 0. The SMILES string of the molecule is N#Cc1ccc(OCC23CC(C(=O)CCc4c(F)cccc4F)(C2)C3)nc1. The molecule has 1 aromatic carbocycles. The number of rotatable bonds is 7. The van der Waals surface area contributed by atoms with Crippen LogP contribution in [0.3, 0.4) is 0 Å². The van der Waals surface area contributed by atoms with Crippen LogP contribution in [0.2, 0.25) is 0 Å². The summed E-state index contributed by atoms with van der Waals surface area (Å²) in [6.45, 7) is 0.489. The Morgan fingerprint density at radius 3 is 2.48 bits per heavy atom. The zero-order chi connectivity index (χ0) is 19.1. The Morgan fingerprint density at radius 1 is 1.19 bits per heavy atom. The van der Waals surface area contributed by atoms with Crippen LogP contribution in [0, 0.1) is 33.8 Å². The predicted octanol–water partition coefficient (Wildman–Crippen LogP) is 3.98. The average Bonchev–Trinajstić information content (AvgIpc) is 2.59. The minimum atomic E-state index is -0.597. The normalized spacial score (nSPS) is 25.1. The van der Waals surface area contributed by atoms with Crippen molar-refractivity contribution >= 4 is 5.78 Å². The lowest BCUT2D eigenvalue weighted by Gasteiger charge is -2.69. The fraction of sp³-hybridized carbons (Fsp3) is 0.381. The van der Waals surface area contributed by atoms with Gasteiger partial charge in [0.05, 0.1) is 12.2 Å². The highest BCUT2D eigenvalue weighted by atomic mass is 19.1. The maximum Gasteiger partial charge on any atom is 0.213 e. The molecule has 4 nitrogen and oxygen atoms in total. The van der Waals surface area contributed by atoms with E-state index >= 15 is 0 Å². The number of ketones is 1. The van der Waals surface area contributed by atoms with Gasteiger partial charge in [-0.05, 0) is 43.9 Å². The highest BCUT2D eigenvalue weighted by Gasteiger charge is 2.70. The van der Waals surface area contributed by atoms with Gasteiger partial charge < -0.3 is 4.74 Å². The van der Waals surface area contributed by atoms with Gasteiger partial charge in [0.1, 0.15) is 23.5 Å². The lowest BCUT2D eigenvalue weighted by Crippen LogP contribution is -2.67. The topological polar surface area (TPSA) is 63.0 Å². The number of carbonyl (C=O) groups is 1. The predicted molar refractivity (Wildman–Crippen MR) is 92.9 cm³/mol. The molecule has 0 spiro atoms. The van der Waals surface area contributed by atoms with Crippen molar-refractivity contribution in [3.05, 3.63) is 59.3 Å². The summed E-state index contributed by atoms with van der Waals surface area (Å²) in [6, 6.07) is 9.07. The van der Waals surface area contributed by atoms with E-state index in [1.165, 1.54) is 24.4 Å². The summed E-state index contributed by atoms with van der Waals surface area (Å²) in [5, 5.41) is 8.76. The fourth-order valence-corrected chi connectivity index (χ4v) is 4.48. The average molecular weight is 368 g/mol. The third-order valence-electron chi connectivity index (χ3n) is 5.79. The van der Waals surface area contributed by atoms with Crippen LogP contribution < -0.4 is 4.74 Å². The Labute approximate surface area is 155 Å². The highest BCUT2D eigenvalue weighted by molar-refractivity contribution is 5.88. The number of pyridine rings is 1. The fourth-order valence-electron chi connectivity index (χ4n) is 4.48.